The summed E-state index contributed by atoms with van der Waals surface area (Å²) in [7, 11) is 0. The van der Waals surface area contributed by atoms with Crippen molar-refractivity contribution in [3.8, 4) is 0 Å². The summed E-state index contributed by atoms with van der Waals surface area (Å²) < 4.78 is 0. The molecule has 1 fully saturated rings. The van der Waals surface area contributed by atoms with E-state index in [0.29, 0.717) is 22.9 Å². The molecule has 0 N–H and O–H groups in total. The van der Waals surface area contributed by atoms with Crippen molar-refractivity contribution >= 4 is 17.7 Å². The zero-order valence-corrected chi connectivity index (χ0v) is 15.5. The van der Waals surface area contributed by atoms with Gasteiger partial charge in [-0.1, -0.05) is 39.0 Å². The minimum Gasteiger partial charge on any atom is -0.549 e. The van der Waals surface area contributed by atoms with Gasteiger partial charge in [-0.3, -0.25) is 0 Å². The topological polar surface area (TPSA) is 65.9 Å². The van der Waals surface area contributed by atoms with Crippen LogP contribution in [0, 0.1) is 37.5 Å². The highest BCUT2D eigenvalue weighted by Gasteiger charge is 2.37. The number of carboxylic acid groups (broad SMARTS) is 1. The highest BCUT2D eigenvalue weighted by atomic mass is 32.2. The zero-order chi connectivity index (χ0) is 17.1. The SMILES string of the molecule is Cc1cc(C)nc(SC(C(=O)[O-])C2CC(C)CCC2C(C)C)n1. The summed E-state index contributed by atoms with van der Waals surface area (Å²) in [6, 6.07) is 1.90. The molecule has 1 aromatic rings. The highest BCUT2D eigenvalue weighted by molar-refractivity contribution is 8.00. The molecular weight excluding hydrogens is 308 g/mol. The Hall–Kier alpha value is -1.10. The number of hydrogen-bond acceptors (Lipinski definition) is 5. The maximum atomic E-state index is 11.9. The van der Waals surface area contributed by atoms with E-state index >= 15 is 0 Å². The maximum absolute atomic E-state index is 11.9. The summed E-state index contributed by atoms with van der Waals surface area (Å²) >= 11 is 1.27. The van der Waals surface area contributed by atoms with Gasteiger partial charge in [-0.2, -0.15) is 0 Å². The van der Waals surface area contributed by atoms with Gasteiger partial charge in [-0.15, -0.1) is 0 Å². The fourth-order valence-electron chi connectivity index (χ4n) is 3.79. The zero-order valence-electron chi connectivity index (χ0n) is 14.7. The first-order valence-corrected chi connectivity index (χ1v) is 9.35. The Morgan fingerprint density at radius 1 is 1.22 bits per heavy atom. The molecule has 1 saturated carbocycles. The van der Waals surface area contributed by atoms with Gasteiger partial charge in [0.05, 0.1) is 11.2 Å². The number of carboxylic acids is 1. The minimum atomic E-state index is -0.984. The van der Waals surface area contributed by atoms with Crippen molar-refractivity contribution in [2.75, 3.05) is 0 Å². The molecule has 4 unspecified atom stereocenters. The number of aromatic nitrogens is 2. The molecule has 0 aromatic carbocycles. The summed E-state index contributed by atoms with van der Waals surface area (Å²) in [5.74, 6) is 0.612. The molecule has 4 atom stereocenters. The van der Waals surface area contributed by atoms with Gasteiger partial charge >= 0.3 is 0 Å². The number of hydrogen-bond donors (Lipinski definition) is 0. The predicted molar refractivity (Wildman–Crippen MR) is 91.0 cm³/mol. The average Bonchev–Trinajstić information content (AvgIpc) is 2.43. The lowest BCUT2D eigenvalue weighted by Crippen LogP contribution is -2.44. The van der Waals surface area contributed by atoms with E-state index < -0.39 is 11.2 Å². The van der Waals surface area contributed by atoms with Crippen LogP contribution in [0.15, 0.2) is 11.2 Å². The van der Waals surface area contributed by atoms with Crippen molar-refractivity contribution in [2.24, 2.45) is 23.7 Å². The molecule has 0 radical (unpaired) electrons. The van der Waals surface area contributed by atoms with Crippen molar-refractivity contribution in [2.45, 2.75) is 64.3 Å². The molecule has 0 spiro atoms. The summed E-state index contributed by atoms with van der Waals surface area (Å²) in [6.45, 7) is 10.4. The molecule has 5 heteroatoms. The monoisotopic (exact) mass is 335 g/mol. The average molecular weight is 335 g/mol. The van der Waals surface area contributed by atoms with Crippen molar-refractivity contribution in [3.05, 3.63) is 17.5 Å². The van der Waals surface area contributed by atoms with Gasteiger partial charge < -0.3 is 9.90 Å². The van der Waals surface area contributed by atoms with E-state index in [9.17, 15) is 9.90 Å². The molecule has 2 rings (SSSR count). The molecule has 1 aliphatic rings. The Morgan fingerprint density at radius 2 is 1.83 bits per heavy atom. The molecule has 1 aromatic heterocycles. The van der Waals surface area contributed by atoms with Crippen molar-refractivity contribution in [1.82, 2.24) is 9.97 Å². The number of nitrogens with zero attached hydrogens (tertiary/aromatic N) is 2. The Bertz CT molecular complexity index is 542. The minimum absolute atomic E-state index is 0.123. The predicted octanol–water partition coefficient (Wildman–Crippen LogP) is 3.01. The summed E-state index contributed by atoms with van der Waals surface area (Å²) in [4.78, 5) is 20.7. The first-order valence-electron chi connectivity index (χ1n) is 8.47. The van der Waals surface area contributed by atoms with E-state index in [4.69, 9.17) is 0 Å². The van der Waals surface area contributed by atoms with Crippen LogP contribution in [-0.2, 0) is 4.79 Å². The van der Waals surface area contributed by atoms with E-state index in [2.05, 4.69) is 30.7 Å². The summed E-state index contributed by atoms with van der Waals surface area (Å²) in [5, 5.41) is 11.8. The maximum Gasteiger partial charge on any atom is 0.188 e. The second-order valence-electron chi connectivity index (χ2n) is 7.28. The van der Waals surface area contributed by atoms with Crippen LogP contribution < -0.4 is 5.11 Å². The Labute approximate surface area is 143 Å². The molecule has 0 aliphatic heterocycles. The Morgan fingerprint density at radius 3 is 2.35 bits per heavy atom. The van der Waals surface area contributed by atoms with Crippen LogP contribution in [0.2, 0.25) is 0 Å². The summed E-state index contributed by atoms with van der Waals surface area (Å²) in [6.07, 6.45) is 3.23. The van der Waals surface area contributed by atoms with Crippen LogP contribution in [0.5, 0.6) is 0 Å². The molecule has 0 amide bonds. The lowest BCUT2D eigenvalue weighted by molar-refractivity contribution is -0.306. The number of carbonyl (C=O) groups is 1. The largest absolute Gasteiger partial charge is 0.549 e. The van der Waals surface area contributed by atoms with Crippen LogP contribution in [-0.4, -0.2) is 21.2 Å². The van der Waals surface area contributed by atoms with E-state index in [-0.39, 0.29) is 5.92 Å². The van der Waals surface area contributed by atoms with Gasteiger partial charge in [0, 0.05) is 11.4 Å². The van der Waals surface area contributed by atoms with Crippen LogP contribution in [0.4, 0.5) is 0 Å². The van der Waals surface area contributed by atoms with Crippen LogP contribution in [0.1, 0.15) is 51.4 Å². The van der Waals surface area contributed by atoms with Gasteiger partial charge in [0.1, 0.15) is 0 Å². The third-order valence-electron chi connectivity index (χ3n) is 4.89. The van der Waals surface area contributed by atoms with Crippen molar-refractivity contribution in [1.29, 1.82) is 0 Å². The molecule has 1 heterocycles. The molecule has 128 valence electrons. The first kappa shape index (κ1) is 18.2. The highest BCUT2D eigenvalue weighted by Crippen LogP contribution is 2.43. The van der Waals surface area contributed by atoms with E-state index in [1.165, 1.54) is 18.2 Å². The standard InChI is InChI=1S/C18H28N2O2S/c1-10(2)14-7-6-11(3)8-15(14)16(17(21)22)23-18-19-12(4)9-13(5)20-18/h9-11,14-16H,6-8H2,1-5H3,(H,21,22)/p-1. The Balaban J connectivity index is 2.26. The van der Waals surface area contributed by atoms with Crippen molar-refractivity contribution in [3.63, 3.8) is 0 Å². The van der Waals surface area contributed by atoms with Gasteiger partial charge in [-0.05, 0) is 56.4 Å². The van der Waals surface area contributed by atoms with E-state index in [0.717, 1.165) is 24.2 Å². The van der Waals surface area contributed by atoms with Gasteiger partial charge in [0.15, 0.2) is 5.16 Å². The van der Waals surface area contributed by atoms with E-state index in [1.54, 1.807) is 0 Å². The van der Waals surface area contributed by atoms with Gasteiger partial charge in [0.2, 0.25) is 0 Å². The molecule has 0 saturated heterocycles. The van der Waals surface area contributed by atoms with Gasteiger partial charge in [-0.25, -0.2) is 9.97 Å². The normalized spacial score (nSPS) is 26.3. The third-order valence-corrected chi connectivity index (χ3v) is 6.08. The number of thioether (sulfide) groups is 1. The molecule has 4 nitrogen and oxygen atoms in total. The van der Waals surface area contributed by atoms with E-state index in [1.807, 2.05) is 19.9 Å². The fraction of sp³-hybridized carbons (Fsp3) is 0.722. The third kappa shape index (κ3) is 4.69. The molecule has 1 aliphatic carbocycles. The fourth-order valence-corrected chi connectivity index (χ4v) is 5.00. The number of aryl methyl sites for hydroxylation is 2. The second-order valence-corrected chi connectivity index (χ2v) is 8.39. The molecular formula is C18H27N2O2S-. The number of rotatable bonds is 5. The smallest absolute Gasteiger partial charge is 0.188 e. The lowest BCUT2D eigenvalue weighted by Gasteiger charge is -2.41. The van der Waals surface area contributed by atoms with Crippen LogP contribution in [0.25, 0.3) is 0 Å². The second kappa shape index (κ2) is 7.65. The first-order chi connectivity index (χ1) is 10.8. The number of carbonyl (C=O) groups excluding carboxylic acids is 1. The van der Waals surface area contributed by atoms with Crippen molar-refractivity contribution < 1.29 is 9.90 Å². The Kier molecular flexibility index (Phi) is 6.06. The van der Waals surface area contributed by atoms with Crippen LogP contribution >= 0.6 is 11.8 Å². The summed E-state index contributed by atoms with van der Waals surface area (Å²) in [5.41, 5.74) is 1.74. The van der Waals surface area contributed by atoms with Gasteiger partial charge in [0.25, 0.3) is 0 Å². The molecule has 0 bridgehead atoms. The number of aliphatic carboxylic acids is 1. The van der Waals surface area contributed by atoms with Crippen LogP contribution in [0.3, 0.4) is 0 Å². The lowest BCUT2D eigenvalue weighted by atomic mass is 9.69. The molecule has 23 heavy (non-hydrogen) atoms. The quantitative estimate of drug-likeness (QED) is 0.611.